The number of thiazole rings is 1. The first-order chi connectivity index (χ1) is 11.1. The fourth-order valence-corrected chi connectivity index (χ4v) is 3.51. The highest BCUT2D eigenvalue weighted by Gasteiger charge is 2.14. The van der Waals surface area contributed by atoms with E-state index < -0.39 is 5.97 Å². The van der Waals surface area contributed by atoms with Crippen LogP contribution < -0.4 is 0 Å². The highest BCUT2D eigenvalue weighted by molar-refractivity contribution is 7.12. The van der Waals surface area contributed by atoms with Gasteiger partial charge in [0, 0.05) is 10.4 Å². The van der Waals surface area contributed by atoms with Gasteiger partial charge in [0.15, 0.2) is 0 Å². The first-order valence-electron chi connectivity index (χ1n) is 7.43. The Morgan fingerprint density at radius 1 is 1.04 bits per heavy atom. The van der Waals surface area contributed by atoms with E-state index in [1.165, 1.54) is 22.5 Å². The van der Waals surface area contributed by atoms with E-state index in [9.17, 15) is 4.79 Å². The molecule has 1 heterocycles. The monoisotopic (exact) mass is 323 g/mol. The van der Waals surface area contributed by atoms with Crippen LogP contribution in [-0.2, 0) is 17.6 Å². The largest absolute Gasteiger partial charge is 0.481 e. The number of aromatic nitrogens is 1. The number of carboxylic acids is 1. The van der Waals surface area contributed by atoms with Gasteiger partial charge in [-0.1, -0.05) is 54.6 Å². The van der Waals surface area contributed by atoms with Crippen molar-refractivity contribution in [3.8, 4) is 11.3 Å². The lowest BCUT2D eigenvalue weighted by molar-refractivity contribution is -0.136. The molecule has 3 aromatic rings. The van der Waals surface area contributed by atoms with Gasteiger partial charge in [-0.2, -0.15) is 0 Å². The first kappa shape index (κ1) is 15.4. The molecule has 0 bridgehead atoms. The van der Waals surface area contributed by atoms with Crippen LogP contribution >= 0.6 is 11.3 Å². The van der Waals surface area contributed by atoms with Gasteiger partial charge < -0.3 is 5.11 Å². The molecule has 0 unspecified atom stereocenters. The van der Waals surface area contributed by atoms with Crippen LogP contribution in [0.25, 0.3) is 11.3 Å². The SMILES string of the molecule is Cc1nc(-c2ccc(Cc3ccccc3)cc2)c(CC(=O)O)s1. The number of hydrogen-bond acceptors (Lipinski definition) is 3. The van der Waals surface area contributed by atoms with E-state index >= 15 is 0 Å². The normalized spacial score (nSPS) is 10.7. The van der Waals surface area contributed by atoms with Gasteiger partial charge in [-0.3, -0.25) is 4.79 Å². The molecule has 3 rings (SSSR count). The molecular weight excluding hydrogens is 306 g/mol. The van der Waals surface area contributed by atoms with Crippen molar-refractivity contribution in [2.75, 3.05) is 0 Å². The number of hydrogen-bond donors (Lipinski definition) is 1. The molecule has 0 fully saturated rings. The van der Waals surface area contributed by atoms with Crippen molar-refractivity contribution in [1.29, 1.82) is 0 Å². The number of carbonyl (C=O) groups is 1. The Kier molecular flexibility index (Phi) is 4.53. The van der Waals surface area contributed by atoms with Crippen molar-refractivity contribution in [1.82, 2.24) is 4.98 Å². The van der Waals surface area contributed by atoms with Crippen LogP contribution in [0.15, 0.2) is 54.6 Å². The maximum absolute atomic E-state index is 11.0. The Labute approximate surface area is 139 Å². The molecule has 0 radical (unpaired) electrons. The highest BCUT2D eigenvalue weighted by atomic mass is 32.1. The molecule has 0 saturated carbocycles. The Hall–Kier alpha value is -2.46. The molecule has 0 aliphatic carbocycles. The maximum atomic E-state index is 11.0. The molecule has 2 aromatic carbocycles. The number of carboxylic acid groups (broad SMARTS) is 1. The summed E-state index contributed by atoms with van der Waals surface area (Å²) in [6.45, 7) is 1.91. The molecule has 0 amide bonds. The minimum atomic E-state index is -0.824. The van der Waals surface area contributed by atoms with Gasteiger partial charge in [-0.15, -0.1) is 11.3 Å². The molecule has 1 N–H and O–H groups in total. The third-order valence-corrected chi connectivity index (χ3v) is 4.57. The summed E-state index contributed by atoms with van der Waals surface area (Å²) in [5.74, 6) is -0.824. The number of nitrogens with zero attached hydrogens (tertiary/aromatic N) is 1. The molecule has 4 heteroatoms. The van der Waals surface area contributed by atoms with Gasteiger partial charge in [0.25, 0.3) is 0 Å². The van der Waals surface area contributed by atoms with Gasteiger partial charge in [-0.05, 0) is 24.5 Å². The molecule has 0 saturated heterocycles. The van der Waals surface area contributed by atoms with Crippen LogP contribution in [0.4, 0.5) is 0 Å². The summed E-state index contributed by atoms with van der Waals surface area (Å²) < 4.78 is 0. The zero-order valence-corrected chi connectivity index (χ0v) is 13.6. The molecule has 0 atom stereocenters. The van der Waals surface area contributed by atoms with Crippen LogP contribution in [0.2, 0.25) is 0 Å². The smallest absolute Gasteiger partial charge is 0.308 e. The maximum Gasteiger partial charge on any atom is 0.308 e. The van der Waals surface area contributed by atoms with Crippen molar-refractivity contribution in [3.05, 3.63) is 75.6 Å². The lowest BCUT2D eigenvalue weighted by Crippen LogP contribution is -1.99. The van der Waals surface area contributed by atoms with Gasteiger partial charge >= 0.3 is 5.97 Å². The minimum Gasteiger partial charge on any atom is -0.481 e. The Bertz CT molecular complexity index is 807. The zero-order valence-electron chi connectivity index (χ0n) is 12.8. The van der Waals surface area contributed by atoms with E-state index in [2.05, 4.69) is 29.2 Å². The third-order valence-electron chi connectivity index (χ3n) is 3.59. The molecule has 23 heavy (non-hydrogen) atoms. The number of aryl methyl sites for hydroxylation is 1. The van der Waals surface area contributed by atoms with E-state index in [0.717, 1.165) is 27.6 Å². The molecular formula is C19H17NO2S. The quantitative estimate of drug-likeness (QED) is 0.760. The van der Waals surface area contributed by atoms with E-state index in [1.54, 1.807) is 0 Å². The van der Waals surface area contributed by atoms with Crippen LogP contribution in [0.1, 0.15) is 21.0 Å². The van der Waals surface area contributed by atoms with E-state index in [1.807, 2.05) is 37.3 Å². The van der Waals surface area contributed by atoms with Gasteiger partial charge in [0.2, 0.25) is 0 Å². The number of aliphatic carboxylic acids is 1. The molecule has 0 spiro atoms. The molecule has 0 aliphatic rings. The summed E-state index contributed by atoms with van der Waals surface area (Å²) in [6, 6.07) is 18.5. The number of rotatable bonds is 5. The van der Waals surface area contributed by atoms with Crippen LogP contribution in [0, 0.1) is 6.92 Å². The average Bonchev–Trinajstić information content (AvgIpc) is 2.89. The molecule has 0 aliphatic heterocycles. The van der Waals surface area contributed by atoms with Gasteiger partial charge in [-0.25, -0.2) is 4.98 Å². The highest BCUT2D eigenvalue weighted by Crippen LogP contribution is 2.29. The predicted molar refractivity (Wildman–Crippen MR) is 92.9 cm³/mol. The zero-order chi connectivity index (χ0) is 16.2. The van der Waals surface area contributed by atoms with Gasteiger partial charge in [0.1, 0.15) is 0 Å². The fourth-order valence-electron chi connectivity index (χ4n) is 2.56. The second-order valence-corrected chi connectivity index (χ2v) is 6.72. The van der Waals surface area contributed by atoms with Crippen molar-refractivity contribution >= 4 is 17.3 Å². The Morgan fingerprint density at radius 3 is 2.35 bits per heavy atom. The van der Waals surface area contributed by atoms with Crippen LogP contribution in [0.3, 0.4) is 0 Å². The van der Waals surface area contributed by atoms with Crippen molar-refractivity contribution in [2.45, 2.75) is 19.8 Å². The third kappa shape index (κ3) is 3.85. The summed E-state index contributed by atoms with van der Waals surface area (Å²) in [7, 11) is 0. The summed E-state index contributed by atoms with van der Waals surface area (Å²) in [6.07, 6.45) is 0.909. The number of benzene rings is 2. The second-order valence-electron chi connectivity index (χ2n) is 5.43. The van der Waals surface area contributed by atoms with E-state index in [4.69, 9.17) is 5.11 Å². The Balaban J connectivity index is 1.84. The van der Waals surface area contributed by atoms with E-state index in [-0.39, 0.29) is 6.42 Å². The van der Waals surface area contributed by atoms with Crippen molar-refractivity contribution in [2.24, 2.45) is 0 Å². The van der Waals surface area contributed by atoms with E-state index in [0.29, 0.717) is 0 Å². The van der Waals surface area contributed by atoms with Crippen LogP contribution in [0.5, 0.6) is 0 Å². The van der Waals surface area contributed by atoms with Crippen molar-refractivity contribution in [3.63, 3.8) is 0 Å². The first-order valence-corrected chi connectivity index (χ1v) is 8.25. The van der Waals surface area contributed by atoms with Crippen molar-refractivity contribution < 1.29 is 9.90 Å². The lowest BCUT2D eigenvalue weighted by atomic mass is 10.0. The molecule has 3 nitrogen and oxygen atoms in total. The Morgan fingerprint density at radius 2 is 1.70 bits per heavy atom. The summed E-state index contributed by atoms with van der Waals surface area (Å²) >= 11 is 1.45. The average molecular weight is 323 g/mol. The fraction of sp³-hybridized carbons (Fsp3) is 0.158. The molecule has 1 aromatic heterocycles. The predicted octanol–water partition coefficient (Wildman–Crippen LogP) is 4.34. The van der Waals surface area contributed by atoms with Gasteiger partial charge in [0.05, 0.1) is 17.1 Å². The molecule has 116 valence electrons. The standard InChI is InChI=1S/C19H17NO2S/c1-13-20-19(17(23-13)12-18(21)22)16-9-7-15(8-10-16)11-14-5-3-2-4-6-14/h2-10H,11-12H2,1H3,(H,21,22). The lowest BCUT2D eigenvalue weighted by Gasteiger charge is -2.04. The summed E-state index contributed by atoms with van der Waals surface area (Å²) in [5.41, 5.74) is 4.27. The topological polar surface area (TPSA) is 50.2 Å². The van der Waals surface area contributed by atoms with Crippen LogP contribution in [-0.4, -0.2) is 16.1 Å². The summed E-state index contributed by atoms with van der Waals surface area (Å²) in [4.78, 5) is 16.3. The minimum absolute atomic E-state index is 0.0204. The second kappa shape index (κ2) is 6.75. The summed E-state index contributed by atoms with van der Waals surface area (Å²) in [5, 5.41) is 9.93.